The summed E-state index contributed by atoms with van der Waals surface area (Å²) >= 11 is 0. The zero-order chi connectivity index (χ0) is 18.2. The van der Waals surface area contributed by atoms with Crippen molar-refractivity contribution in [1.29, 1.82) is 0 Å². The van der Waals surface area contributed by atoms with Gasteiger partial charge in [0, 0.05) is 32.3 Å². The highest BCUT2D eigenvalue weighted by atomic mass is 16.7. The van der Waals surface area contributed by atoms with Crippen molar-refractivity contribution < 1.29 is 19.1 Å². The molecule has 1 aromatic carbocycles. The molecule has 8 heteroatoms. The Bertz CT molecular complexity index is 936. The maximum atomic E-state index is 12.2. The van der Waals surface area contributed by atoms with Gasteiger partial charge < -0.3 is 14.8 Å². The number of esters is 2. The Labute approximate surface area is 143 Å². The lowest BCUT2D eigenvalue weighted by Gasteiger charge is -2.29. The standard InChI is InChI=1S/C17H17N3O5/c1-4-20-9-19-13-7-10(5-6-11(13)14(20)21)18-8-12-15(22)24-17(2,3)25-16(12)23/h5-9,18H,4H2,1-3H3. The molecular formula is C17H17N3O5. The van der Waals surface area contributed by atoms with Gasteiger partial charge in [0.25, 0.3) is 11.3 Å². The third-order valence-electron chi connectivity index (χ3n) is 3.67. The van der Waals surface area contributed by atoms with Crippen LogP contribution in [0.1, 0.15) is 20.8 Å². The zero-order valence-electron chi connectivity index (χ0n) is 14.0. The summed E-state index contributed by atoms with van der Waals surface area (Å²) in [4.78, 5) is 40.2. The third kappa shape index (κ3) is 3.23. The van der Waals surface area contributed by atoms with Gasteiger partial charge in [-0.2, -0.15) is 0 Å². The van der Waals surface area contributed by atoms with Crippen LogP contribution in [0.15, 0.2) is 41.1 Å². The van der Waals surface area contributed by atoms with Crippen LogP contribution < -0.4 is 10.9 Å². The number of aromatic nitrogens is 2. The Kier molecular flexibility index (Phi) is 4.03. The molecule has 25 heavy (non-hydrogen) atoms. The van der Waals surface area contributed by atoms with Crippen LogP contribution in [0.3, 0.4) is 0 Å². The molecule has 1 saturated heterocycles. The normalized spacial score (nSPS) is 16.4. The topological polar surface area (TPSA) is 99.5 Å². The summed E-state index contributed by atoms with van der Waals surface area (Å²) in [6.45, 7) is 5.35. The molecule has 0 spiro atoms. The Balaban J connectivity index is 1.87. The number of benzene rings is 1. The summed E-state index contributed by atoms with van der Waals surface area (Å²) in [7, 11) is 0. The number of ether oxygens (including phenoxy) is 2. The lowest BCUT2D eigenvalue weighted by molar-refractivity contribution is -0.222. The molecule has 1 fully saturated rings. The molecule has 0 saturated carbocycles. The summed E-state index contributed by atoms with van der Waals surface area (Å²) in [5.41, 5.74) is 0.701. The molecule has 0 radical (unpaired) electrons. The highest BCUT2D eigenvalue weighted by molar-refractivity contribution is 6.15. The quantitative estimate of drug-likeness (QED) is 0.513. The van der Waals surface area contributed by atoms with Gasteiger partial charge in [0.1, 0.15) is 0 Å². The van der Waals surface area contributed by atoms with E-state index in [0.717, 1.165) is 0 Å². The first-order chi connectivity index (χ1) is 11.8. The SMILES string of the molecule is CCn1cnc2cc(NC=C3C(=O)OC(C)(C)OC3=O)ccc2c1=O. The molecule has 1 aliphatic heterocycles. The molecule has 0 atom stereocenters. The summed E-state index contributed by atoms with van der Waals surface area (Å²) in [6, 6.07) is 4.95. The number of anilines is 1. The van der Waals surface area contributed by atoms with Crippen molar-refractivity contribution in [2.75, 3.05) is 5.32 Å². The second-order valence-corrected chi connectivity index (χ2v) is 5.95. The van der Waals surface area contributed by atoms with Gasteiger partial charge in [-0.15, -0.1) is 0 Å². The predicted molar refractivity (Wildman–Crippen MR) is 89.6 cm³/mol. The highest BCUT2D eigenvalue weighted by Gasteiger charge is 2.38. The van der Waals surface area contributed by atoms with E-state index < -0.39 is 17.7 Å². The molecular weight excluding hydrogens is 326 g/mol. The van der Waals surface area contributed by atoms with Gasteiger partial charge >= 0.3 is 11.9 Å². The summed E-state index contributed by atoms with van der Waals surface area (Å²) in [5.74, 6) is -2.81. The molecule has 0 bridgehead atoms. The average molecular weight is 343 g/mol. The minimum absolute atomic E-state index is 0.126. The van der Waals surface area contributed by atoms with E-state index >= 15 is 0 Å². The van der Waals surface area contributed by atoms with Crippen LogP contribution in [-0.2, 0) is 25.6 Å². The van der Waals surface area contributed by atoms with Crippen LogP contribution in [-0.4, -0.2) is 27.3 Å². The molecule has 8 nitrogen and oxygen atoms in total. The number of carbonyl (C=O) groups is 2. The molecule has 2 aromatic rings. The number of nitrogens with zero attached hydrogens (tertiary/aromatic N) is 2. The molecule has 0 unspecified atom stereocenters. The molecule has 0 aliphatic carbocycles. The summed E-state index contributed by atoms with van der Waals surface area (Å²) in [5, 5.41) is 3.32. The van der Waals surface area contributed by atoms with Crippen LogP contribution in [0, 0.1) is 0 Å². The number of hydrogen-bond donors (Lipinski definition) is 1. The van der Waals surface area contributed by atoms with Crippen molar-refractivity contribution in [3.8, 4) is 0 Å². The van der Waals surface area contributed by atoms with Crippen LogP contribution in [0.4, 0.5) is 5.69 Å². The van der Waals surface area contributed by atoms with E-state index in [-0.39, 0.29) is 11.1 Å². The van der Waals surface area contributed by atoms with Crippen LogP contribution in [0.25, 0.3) is 10.9 Å². The lowest BCUT2D eigenvalue weighted by Crippen LogP contribution is -2.42. The van der Waals surface area contributed by atoms with Crippen LogP contribution in [0.5, 0.6) is 0 Å². The minimum atomic E-state index is -1.28. The molecule has 3 rings (SSSR count). The summed E-state index contributed by atoms with van der Waals surface area (Å²) < 4.78 is 11.5. The fraction of sp³-hybridized carbons (Fsp3) is 0.294. The number of cyclic esters (lactones) is 2. The van der Waals surface area contributed by atoms with Gasteiger partial charge in [-0.05, 0) is 25.1 Å². The molecule has 2 heterocycles. The smallest absolute Gasteiger partial charge is 0.350 e. The van der Waals surface area contributed by atoms with Gasteiger partial charge in [-0.3, -0.25) is 9.36 Å². The number of nitrogens with one attached hydrogen (secondary N) is 1. The largest absolute Gasteiger partial charge is 0.419 e. The Morgan fingerprint density at radius 1 is 1.20 bits per heavy atom. The maximum absolute atomic E-state index is 12.2. The average Bonchev–Trinajstić information content (AvgIpc) is 2.53. The number of aryl methyl sites for hydroxylation is 1. The van der Waals surface area contributed by atoms with E-state index in [9.17, 15) is 14.4 Å². The molecule has 0 amide bonds. The fourth-order valence-electron chi connectivity index (χ4n) is 2.41. The van der Waals surface area contributed by atoms with Gasteiger partial charge in [0.05, 0.1) is 17.2 Å². The van der Waals surface area contributed by atoms with Crippen molar-refractivity contribution in [2.45, 2.75) is 33.1 Å². The van der Waals surface area contributed by atoms with Gasteiger partial charge in [0.2, 0.25) is 0 Å². The Morgan fingerprint density at radius 3 is 2.52 bits per heavy atom. The molecule has 1 aliphatic rings. The predicted octanol–water partition coefficient (Wildman–Crippen LogP) is 1.55. The van der Waals surface area contributed by atoms with E-state index in [1.165, 1.54) is 30.9 Å². The first kappa shape index (κ1) is 16.7. The lowest BCUT2D eigenvalue weighted by atomic mass is 10.2. The Morgan fingerprint density at radius 2 is 1.88 bits per heavy atom. The second kappa shape index (κ2) is 6.04. The van der Waals surface area contributed by atoms with E-state index in [1.807, 2.05) is 6.92 Å². The van der Waals surface area contributed by atoms with E-state index in [0.29, 0.717) is 23.1 Å². The molecule has 1 N–H and O–H groups in total. The van der Waals surface area contributed by atoms with Gasteiger partial charge in [-0.25, -0.2) is 14.6 Å². The first-order valence-corrected chi connectivity index (χ1v) is 7.73. The maximum Gasteiger partial charge on any atom is 0.350 e. The highest BCUT2D eigenvalue weighted by Crippen LogP contribution is 2.23. The van der Waals surface area contributed by atoms with Crippen molar-refractivity contribution >= 4 is 28.5 Å². The first-order valence-electron chi connectivity index (χ1n) is 7.73. The van der Waals surface area contributed by atoms with Crippen molar-refractivity contribution in [1.82, 2.24) is 9.55 Å². The molecule has 1 aromatic heterocycles. The second-order valence-electron chi connectivity index (χ2n) is 5.95. The fourth-order valence-corrected chi connectivity index (χ4v) is 2.41. The van der Waals surface area contributed by atoms with Crippen molar-refractivity contribution in [2.24, 2.45) is 0 Å². The zero-order valence-corrected chi connectivity index (χ0v) is 14.0. The van der Waals surface area contributed by atoms with Gasteiger partial charge in [-0.1, -0.05) is 0 Å². The van der Waals surface area contributed by atoms with Gasteiger partial charge in [0.15, 0.2) is 5.57 Å². The van der Waals surface area contributed by atoms with E-state index in [2.05, 4.69) is 10.3 Å². The number of hydrogen-bond acceptors (Lipinski definition) is 7. The van der Waals surface area contributed by atoms with Crippen LogP contribution in [0.2, 0.25) is 0 Å². The third-order valence-corrected chi connectivity index (χ3v) is 3.67. The summed E-state index contributed by atoms with van der Waals surface area (Å²) in [6.07, 6.45) is 2.69. The van der Waals surface area contributed by atoms with Crippen molar-refractivity contribution in [3.05, 3.63) is 46.7 Å². The Hall–Kier alpha value is -3.16. The number of fused-ring (bicyclic) bond motifs is 1. The van der Waals surface area contributed by atoms with E-state index in [1.54, 1.807) is 18.2 Å². The van der Waals surface area contributed by atoms with E-state index in [4.69, 9.17) is 9.47 Å². The number of carbonyl (C=O) groups excluding carboxylic acids is 2. The minimum Gasteiger partial charge on any atom is -0.419 e. The van der Waals surface area contributed by atoms with Crippen molar-refractivity contribution in [3.63, 3.8) is 0 Å². The monoisotopic (exact) mass is 343 g/mol. The van der Waals surface area contributed by atoms with Crippen LogP contribution >= 0.6 is 0 Å². The number of rotatable bonds is 3. The molecule has 130 valence electrons.